The van der Waals surface area contributed by atoms with Crippen molar-refractivity contribution in [3.05, 3.63) is 30.3 Å². The number of para-hydroxylation sites is 1. The van der Waals surface area contributed by atoms with E-state index in [9.17, 15) is 0 Å². The van der Waals surface area contributed by atoms with E-state index in [2.05, 4.69) is 36.0 Å². The zero-order valence-electron chi connectivity index (χ0n) is 8.38. The molecule has 0 saturated carbocycles. The molecule has 14 heavy (non-hydrogen) atoms. The molecule has 0 bridgehead atoms. The number of nitrogens with zero attached hydrogens (tertiary/aromatic N) is 3. The average Bonchev–Trinajstić information content (AvgIpc) is 2.18. The predicted molar refractivity (Wildman–Crippen MR) is 60.0 cm³/mol. The molecule has 0 aliphatic carbocycles. The van der Waals surface area contributed by atoms with Gasteiger partial charge >= 0.3 is 0 Å². The largest absolute Gasteiger partial charge is 0.307 e. The van der Waals surface area contributed by atoms with E-state index in [1.165, 1.54) is 0 Å². The predicted octanol–water partition coefficient (Wildman–Crippen LogP) is 2.30. The van der Waals surface area contributed by atoms with Crippen molar-refractivity contribution in [1.82, 2.24) is 0 Å². The van der Waals surface area contributed by atoms with Crippen LogP contribution in [0.25, 0.3) is 0 Å². The Morgan fingerprint density at radius 2 is 1.86 bits per heavy atom. The lowest BCUT2D eigenvalue weighted by Crippen LogP contribution is -2.43. The van der Waals surface area contributed by atoms with Gasteiger partial charge in [-0.3, -0.25) is 0 Å². The van der Waals surface area contributed by atoms with Gasteiger partial charge in [-0.2, -0.15) is 0 Å². The number of benzene rings is 1. The summed E-state index contributed by atoms with van der Waals surface area (Å²) in [5.41, 5.74) is 0.862. The van der Waals surface area contributed by atoms with Gasteiger partial charge in [0, 0.05) is 5.69 Å². The monoisotopic (exact) mass is 187 g/mol. The third-order valence-corrected chi connectivity index (χ3v) is 2.25. The molecule has 2 rings (SSSR count). The van der Waals surface area contributed by atoms with Gasteiger partial charge in [0.2, 0.25) is 0 Å². The van der Waals surface area contributed by atoms with Crippen molar-refractivity contribution in [1.29, 1.82) is 0 Å². The lowest BCUT2D eigenvalue weighted by atomic mass is 10.2. The summed E-state index contributed by atoms with van der Waals surface area (Å²) in [6.45, 7) is 4.11. The Morgan fingerprint density at radius 1 is 1.14 bits per heavy atom. The van der Waals surface area contributed by atoms with Gasteiger partial charge in [0.25, 0.3) is 0 Å². The Bertz CT molecular complexity index is 365. The summed E-state index contributed by atoms with van der Waals surface area (Å²) in [4.78, 5) is 10.4. The van der Waals surface area contributed by atoms with E-state index in [1.54, 1.807) is 6.34 Å². The van der Waals surface area contributed by atoms with E-state index in [4.69, 9.17) is 0 Å². The Kier molecular flexibility index (Phi) is 2.08. The minimum Gasteiger partial charge on any atom is -0.307 e. The van der Waals surface area contributed by atoms with Crippen LogP contribution in [0.5, 0.6) is 0 Å². The topological polar surface area (TPSA) is 28.0 Å². The van der Waals surface area contributed by atoms with Gasteiger partial charge < -0.3 is 4.90 Å². The molecule has 0 amide bonds. The van der Waals surface area contributed by atoms with E-state index in [-0.39, 0.29) is 5.66 Å². The molecule has 0 fully saturated rings. The molecule has 0 unspecified atom stereocenters. The Morgan fingerprint density at radius 3 is 2.50 bits per heavy atom. The van der Waals surface area contributed by atoms with Gasteiger partial charge in [-0.1, -0.05) is 18.2 Å². The van der Waals surface area contributed by atoms with Crippen molar-refractivity contribution in [3.8, 4) is 0 Å². The highest BCUT2D eigenvalue weighted by atomic mass is 15.3. The number of rotatable bonds is 1. The molecule has 3 heteroatoms. The molecule has 1 aliphatic rings. The van der Waals surface area contributed by atoms with Crippen molar-refractivity contribution in [2.45, 2.75) is 19.5 Å². The highest BCUT2D eigenvalue weighted by molar-refractivity contribution is 5.88. The van der Waals surface area contributed by atoms with Crippen LogP contribution in [0.4, 0.5) is 5.69 Å². The normalized spacial score (nSPS) is 18.6. The number of anilines is 1. The summed E-state index contributed by atoms with van der Waals surface area (Å²) >= 11 is 0. The average molecular weight is 187 g/mol. The van der Waals surface area contributed by atoms with Crippen LogP contribution < -0.4 is 4.90 Å². The number of hydrogen-bond acceptors (Lipinski definition) is 3. The zero-order chi connectivity index (χ0) is 10.0. The van der Waals surface area contributed by atoms with Crippen molar-refractivity contribution < 1.29 is 0 Å². The van der Waals surface area contributed by atoms with E-state index in [1.807, 2.05) is 29.4 Å². The first-order chi connectivity index (χ1) is 6.70. The second kappa shape index (κ2) is 3.25. The maximum absolute atomic E-state index is 4.32. The molecule has 72 valence electrons. The van der Waals surface area contributed by atoms with Gasteiger partial charge in [0.05, 0.1) is 6.34 Å². The standard InChI is InChI=1S/C11H13N3/c1-11(2)13-8-12-9-14(11)10-6-4-3-5-7-10/h3-9H,1-2H3. The third kappa shape index (κ3) is 1.53. The highest BCUT2D eigenvalue weighted by Crippen LogP contribution is 2.24. The SMILES string of the molecule is CC1(C)N=CN=CN1c1ccccc1. The summed E-state index contributed by atoms with van der Waals surface area (Å²) in [6, 6.07) is 10.1. The van der Waals surface area contributed by atoms with Gasteiger partial charge in [-0.15, -0.1) is 0 Å². The maximum Gasteiger partial charge on any atom is 0.133 e. The minimum atomic E-state index is -0.247. The fraction of sp³-hybridized carbons (Fsp3) is 0.273. The Hall–Kier alpha value is -1.64. The summed E-state index contributed by atoms with van der Waals surface area (Å²) in [5, 5.41) is 0. The van der Waals surface area contributed by atoms with E-state index < -0.39 is 0 Å². The zero-order valence-corrected chi connectivity index (χ0v) is 8.38. The molecular weight excluding hydrogens is 174 g/mol. The second-order valence-electron chi connectivity index (χ2n) is 3.71. The van der Waals surface area contributed by atoms with E-state index >= 15 is 0 Å². The molecule has 0 N–H and O–H groups in total. The first-order valence-electron chi connectivity index (χ1n) is 4.61. The fourth-order valence-electron chi connectivity index (χ4n) is 1.45. The summed E-state index contributed by atoms with van der Waals surface area (Å²) in [6.07, 6.45) is 3.40. The maximum atomic E-state index is 4.32. The van der Waals surface area contributed by atoms with Crippen LogP contribution in [0.1, 0.15) is 13.8 Å². The Labute approximate surface area is 83.8 Å². The van der Waals surface area contributed by atoms with Crippen LogP contribution in [0.15, 0.2) is 40.3 Å². The Balaban J connectivity index is 2.36. The summed E-state index contributed by atoms with van der Waals surface area (Å²) < 4.78 is 0. The van der Waals surface area contributed by atoms with Crippen molar-refractivity contribution >= 4 is 18.4 Å². The quantitative estimate of drug-likeness (QED) is 0.663. The van der Waals surface area contributed by atoms with Crippen LogP contribution in [0, 0.1) is 0 Å². The third-order valence-electron chi connectivity index (χ3n) is 2.25. The smallest absolute Gasteiger partial charge is 0.133 e. The molecule has 1 aromatic carbocycles. The van der Waals surface area contributed by atoms with E-state index in [0.29, 0.717) is 0 Å². The van der Waals surface area contributed by atoms with Crippen LogP contribution in [-0.2, 0) is 0 Å². The molecule has 1 aliphatic heterocycles. The molecule has 1 heterocycles. The van der Waals surface area contributed by atoms with Gasteiger partial charge in [0.15, 0.2) is 0 Å². The minimum absolute atomic E-state index is 0.247. The van der Waals surface area contributed by atoms with Crippen molar-refractivity contribution in [2.75, 3.05) is 4.90 Å². The van der Waals surface area contributed by atoms with Gasteiger partial charge in [-0.25, -0.2) is 9.98 Å². The van der Waals surface area contributed by atoms with Crippen LogP contribution in [0.3, 0.4) is 0 Å². The summed E-state index contributed by atoms with van der Waals surface area (Å²) in [7, 11) is 0. The molecule has 0 spiro atoms. The molecular formula is C11H13N3. The summed E-state index contributed by atoms with van der Waals surface area (Å²) in [5.74, 6) is 0. The number of hydrogen-bond donors (Lipinski definition) is 0. The van der Waals surface area contributed by atoms with Crippen LogP contribution in [0.2, 0.25) is 0 Å². The fourth-order valence-corrected chi connectivity index (χ4v) is 1.45. The van der Waals surface area contributed by atoms with Gasteiger partial charge in [0.1, 0.15) is 12.0 Å². The molecule has 1 aromatic rings. The van der Waals surface area contributed by atoms with Crippen molar-refractivity contribution in [2.24, 2.45) is 9.98 Å². The van der Waals surface area contributed by atoms with Crippen LogP contribution >= 0.6 is 0 Å². The number of aliphatic imine (C=N–C) groups is 2. The second-order valence-corrected chi connectivity index (χ2v) is 3.71. The molecule has 0 saturated heterocycles. The molecule has 3 nitrogen and oxygen atoms in total. The van der Waals surface area contributed by atoms with Gasteiger partial charge in [-0.05, 0) is 26.0 Å². The highest BCUT2D eigenvalue weighted by Gasteiger charge is 2.25. The first-order valence-corrected chi connectivity index (χ1v) is 4.61. The van der Waals surface area contributed by atoms with E-state index in [0.717, 1.165) is 5.69 Å². The molecule has 0 atom stereocenters. The molecule has 0 aromatic heterocycles. The lowest BCUT2D eigenvalue weighted by molar-refractivity contribution is 0.545. The van der Waals surface area contributed by atoms with Crippen LogP contribution in [-0.4, -0.2) is 18.3 Å². The lowest BCUT2D eigenvalue weighted by Gasteiger charge is -2.35. The van der Waals surface area contributed by atoms with Crippen molar-refractivity contribution in [3.63, 3.8) is 0 Å². The molecule has 0 radical (unpaired) electrons. The first kappa shape index (κ1) is 8.94.